The Kier molecular flexibility index (Phi) is 2.40. The van der Waals surface area contributed by atoms with E-state index in [1.165, 1.54) is 0 Å². The number of carbonyl (C=O) groups is 1. The van der Waals surface area contributed by atoms with Crippen molar-refractivity contribution in [2.24, 2.45) is 0 Å². The van der Waals surface area contributed by atoms with Crippen LogP contribution in [-0.2, 0) is 4.79 Å². The summed E-state index contributed by atoms with van der Waals surface area (Å²) in [6.45, 7) is 1.69. The summed E-state index contributed by atoms with van der Waals surface area (Å²) in [5, 5.41) is 9.90. The minimum atomic E-state index is -0.912. The van der Waals surface area contributed by atoms with Crippen molar-refractivity contribution in [3.05, 3.63) is 36.2 Å². The molecule has 1 aliphatic carbocycles. The van der Waals surface area contributed by atoms with E-state index in [0.717, 1.165) is 11.1 Å². The van der Waals surface area contributed by atoms with Crippen molar-refractivity contribution in [1.29, 1.82) is 0 Å². The van der Waals surface area contributed by atoms with Gasteiger partial charge in [0.05, 0.1) is 5.60 Å². The molecule has 0 saturated heterocycles. The molecule has 0 aliphatic heterocycles. The van der Waals surface area contributed by atoms with Gasteiger partial charge in [0, 0.05) is 25.2 Å². The van der Waals surface area contributed by atoms with E-state index in [-0.39, 0.29) is 12.2 Å². The number of pyridine rings is 1. The summed E-state index contributed by atoms with van der Waals surface area (Å²) < 4.78 is 0. The van der Waals surface area contributed by atoms with Crippen LogP contribution < -0.4 is 0 Å². The summed E-state index contributed by atoms with van der Waals surface area (Å²) in [5.74, 6) is -0.0157. The van der Waals surface area contributed by atoms with Gasteiger partial charge >= 0.3 is 0 Å². The number of allylic oxidation sites excluding steroid dienone is 1. The number of rotatable bonds is 1. The maximum atomic E-state index is 11.4. The topological polar surface area (TPSA) is 50.2 Å². The Labute approximate surface area is 88.5 Å². The van der Waals surface area contributed by atoms with Crippen molar-refractivity contribution in [2.75, 3.05) is 0 Å². The van der Waals surface area contributed by atoms with Crippen molar-refractivity contribution in [3.8, 4) is 0 Å². The number of nitrogens with zero attached hydrogens (tertiary/aromatic N) is 1. The number of carbonyl (C=O) groups excluding carboxylic acids is 1. The van der Waals surface area contributed by atoms with Gasteiger partial charge < -0.3 is 5.11 Å². The lowest BCUT2D eigenvalue weighted by Crippen LogP contribution is -2.30. The molecule has 2 rings (SSSR count). The quantitative estimate of drug-likeness (QED) is 0.753. The molecule has 78 valence electrons. The van der Waals surface area contributed by atoms with E-state index in [4.69, 9.17) is 0 Å². The summed E-state index contributed by atoms with van der Waals surface area (Å²) in [7, 11) is 0. The van der Waals surface area contributed by atoms with Gasteiger partial charge in [0.15, 0.2) is 5.78 Å². The number of hydrogen-bond acceptors (Lipinski definition) is 3. The molecule has 0 amide bonds. The zero-order valence-electron chi connectivity index (χ0n) is 8.60. The van der Waals surface area contributed by atoms with Crippen molar-refractivity contribution in [1.82, 2.24) is 4.98 Å². The standard InChI is InChI=1S/C12H13NO2/c1-12(15)7-10(6-11(14)8-12)9-2-4-13-5-3-9/h2-6,15H,7-8H2,1H3/t12-/m1/s1. The van der Waals surface area contributed by atoms with Crippen molar-refractivity contribution >= 4 is 11.4 Å². The molecular weight excluding hydrogens is 190 g/mol. The second kappa shape index (κ2) is 3.59. The third-order valence-electron chi connectivity index (χ3n) is 2.51. The first-order chi connectivity index (χ1) is 7.07. The Hall–Kier alpha value is -1.48. The maximum absolute atomic E-state index is 11.4. The third-order valence-corrected chi connectivity index (χ3v) is 2.51. The van der Waals surface area contributed by atoms with E-state index in [0.29, 0.717) is 6.42 Å². The van der Waals surface area contributed by atoms with Crippen molar-refractivity contribution in [2.45, 2.75) is 25.4 Å². The van der Waals surface area contributed by atoms with Crippen LogP contribution in [0, 0.1) is 0 Å². The first-order valence-corrected chi connectivity index (χ1v) is 4.93. The van der Waals surface area contributed by atoms with E-state index in [9.17, 15) is 9.90 Å². The number of ketones is 1. The van der Waals surface area contributed by atoms with E-state index in [2.05, 4.69) is 4.98 Å². The van der Waals surface area contributed by atoms with Gasteiger partial charge in [-0.05, 0) is 36.3 Å². The molecular formula is C12H13NO2. The van der Waals surface area contributed by atoms with Gasteiger partial charge in [0.2, 0.25) is 0 Å². The summed E-state index contributed by atoms with van der Waals surface area (Å²) in [5.41, 5.74) is 0.932. The van der Waals surface area contributed by atoms with Crippen LogP contribution in [0.1, 0.15) is 25.3 Å². The average Bonchev–Trinajstić information content (AvgIpc) is 2.16. The minimum absolute atomic E-state index is 0.0157. The van der Waals surface area contributed by atoms with Gasteiger partial charge in [-0.2, -0.15) is 0 Å². The van der Waals surface area contributed by atoms with Crippen LogP contribution in [-0.4, -0.2) is 21.5 Å². The largest absolute Gasteiger partial charge is 0.389 e. The Morgan fingerprint density at radius 3 is 2.60 bits per heavy atom. The predicted molar refractivity (Wildman–Crippen MR) is 57.1 cm³/mol. The highest BCUT2D eigenvalue weighted by atomic mass is 16.3. The van der Waals surface area contributed by atoms with Gasteiger partial charge in [-0.25, -0.2) is 0 Å². The van der Waals surface area contributed by atoms with Gasteiger partial charge in [0.25, 0.3) is 0 Å². The monoisotopic (exact) mass is 203 g/mol. The molecule has 0 unspecified atom stereocenters. The minimum Gasteiger partial charge on any atom is -0.389 e. The summed E-state index contributed by atoms with van der Waals surface area (Å²) >= 11 is 0. The first kappa shape index (κ1) is 10.1. The predicted octanol–water partition coefficient (Wildman–Crippen LogP) is 1.58. The van der Waals surface area contributed by atoms with Crippen LogP contribution in [0.5, 0.6) is 0 Å². The lowest BCUT2D eigenvalue weighted by atomic mass is 9.83. The molecule has 1 heterocycles. The SMILES string of the molecule is C[C@]1(O)CC(=O)C=C(c2ccncc2)C1. The molecule has 15 heavy (non-hydrogen) atoms. The average molecular weight is 203 g/mol. The van der Waals surface area contributed by atoms with Gasteiger partial charge in [-0.15, -0.1) is 0 Å². The lowest BCUT2D eigenvalue weighted by molar-refractivity contribution is -0.119. The van der Waals surface area contributed by atoms with Crippen LogP contribution >= 0.6 is 0 Å². The lowest BCUT2D eigenvalue weighted by Gasteiger charge is -2.27. The van der Waals surface area contributed by atoms with Crippen LogP contribution in [0.25, 0.3) is 5.57 Å². The second-order valence-electron chi connectivity index (χ2n) is 4.22. The van der Waals surface area contributed by atoms with E-state index in [1.807, 2.05) is 12.1 Å². The summed E-state index contributed by atoms with van der Waals surface area (Å²) in [4.78, 5) is 15.3. The highest BCUT2D eigenvalue weighted by Gasteiger charge is 2.29. The fraction of sp³-hybridized carbons (Fsp3) is 0.333. The second-order valence-corrected chi connectivity index (χ2v) is 4.22. The Bertz CT molecular complexity index is 407. The fourth-order valence-corrected chi connectivity index (χ4v) is 1.90. The third kappa shape index (κ3) is 2.30. The van der Waals surface area contributed by atoms with Gasteiger partial charge in [-0.1, -0.05) is 0 Å². The van der Waals surface area contributed by atoms with Crippen LogP contribution in [0.2, 0.25) is 0 Å². The molecule has 0 saturated carbocycles. The number of hydrogen-bond donors (Lipinski definition) is 1. The zero-order chi connectivity index (χ0) is 10.9. The normalized spacial score (nSPS) is 26.3. The molecule has 1 aromatic heterocycles. The number of aliphatic hydroxyl groups is 1. The number of aromatic nitrogens is 1. The van der Waals surface area contributed by atoms with E-state index < -0.39 is 5.60 Å². The fourth-order valence-electron chi connectivity index (χ4n) is 1.90. The molecule has 3 nitrogen and oxygen atoms in total. The molecule has 0 aromatic carbocycles. The zero-order valence-corrected chi connectivity index (χ0v) is 8.60. The highest BCUT2D eigenvalue weighted by Crippen LogP contribution is 2.31. The van der Waals surface area contributed by atoms with Crippen LogP contribution in [0.4, 0.5) is 0 Å². The van der Waals surface area contributed by atoms with Gasteiger partial charge in [0.1, 0.15) is 0 Å². The maximum Gasteiger partial charge on any atom is 0.158 e. The summed E-state index contributed by atoms with van der Waals surface area (Å²) in [6.07, 6.45) is 5.71. The molecule has 0 fully saturated rings. The molecule has 0 spiro atoms. The van der Waals surface area contributed by atoms with Gasteiger partial charge in [-0.3, -0.25) is 9.78 Å². The van der Waals surface area contributed by atoms with Crippen LogP contribution in [0.3, 0.4) is 0 Å². The smallest absolute Gasteiger partial charge is 0.158 e. The van der Waals surface area contributed by atoms with Crippen molar-refractivity contribution < 1.29 is 9.90 Å². The molecule has 1 atom stereocenters. The molecule has 1 aliphatic rings. The Morgan fingerprint density at radius 1 is 1.33 bits per heavy atom. The molecule has 3 heteroatoms. The summed E-state index contributed by atoms with van der Waals surface area (Å²) in [6, 6.07) is 3.70. The highest BCUT2D eigenvalue weighted by molar-refractivity contribution is 5.99. The molecule has 1 aromatic rings. The van der Waals surface area contributed by atoms with Crippen LogP contribution in [0.15, 0.2) is 30.6 Å². The molecule has 0 radical (unpaired) electrons. The molecule has 0 bridgehead atoms. The Balaban J connectivity index is 2.35. The Morgan fingerprint density at radius 2 is 2.00 bits per heavy atom. The van der Waals surface area contributed by atoms with E-state index >= 15 is 0 Å². The van der Waals surface area contributed by atoms with Crippen molar-refractivity contribution in [3.63, 3.8) is 0 Å². The first-order valence-electron chi connectivity index (χ1n) is 4.93. The molecule has 1 N–H and O–H groups in total. The van der Waals surface area contributed by atoms with E-state index in [1.54, 1.807) is 25.4 Å².